The fourth-order valence-electron chi connectivity index (χ4n) is 8.43. The topological polar surface area (TPSA) is 38.7 Å². The predicted octanol–water partition coefficient (Wildman–Crippen LogP) is 14.5. The molecule has 0 aliphatic rings. The van der Waals surface area contributed by atoms with Crippen molar-refractivity contribution in [1.29, 1.82) is 0 Å². The summed E-state index contributed by atoms with van der Waals surface area (Å²) in [4.78, 5) is 14.7. The van der Waals surface area contributed by atoms with Crippen molar-refractivity contribution in [2.24, 2.45) is 0 Å². The molecule has 0 amide bonds. The first-order chi connectivity index (χ1) is 28.7. The average Bonchev–Trinajstić information content (AvgIpc) is 3.31. The van der Waals surface area contributed by atoms with Gasteiger partial charge in [0, 0.05) is 40.0 Å². The molecular weight excluding hydrogens is 703 g/mol. The fourth-order valence-corrected chi connectivity index (χ4v) is 8.43. The van der Waals surface area contributed by atoms with E-state index in [0.29, 0.717) is 5.82 Å². The van der Waals surface area contributed by atoms with Gasteiger partial charge in [-0.3, -0.25) is 4.98 Å². The highest BCUT2D eigenvalue weighted by molar-refractivity contribution is 6.22. The molecule has 0 saturated carbocycles. The number of rotatable bonds is 6. The van der Waals surface area contributed by atoms with Gasteiger partial charge in [0.05, 0.1) is 11.4 Å². The molecule has 11 aromatic rings. The number of benzene rings is 9. The zero-order valence-electron chi connectivity index (χ0n) is 31.5. The van der Waals surface area contributed by atoms with Crippen LogP contribution in [0.15, 0.2) is 213 Å². The van der Waals surface area contributed by atoms with Crippen molar-refractivity contribution in [3.8, 4) is 67.3 Å². The SMILES string of the molecule is c1ccc(-c2nc(-c3ccc(-c4ccc(-c5c6ccccc6cc6ccc7ccccc7c56)cc4)cc3)cc(-c3ccc(-c4cncc5ccccc45)cc3)n2)cc1. The van der Waals surface area contributed by atoms with Crippen LogP contribution in [0.25, 0.3) is 110 Å². The summed E-state index contributed by atoms with van der Waals surface area (Å²) in [7, 11) is 0. The summed E-state index contributed by atoms with van der Waals surface area (Å²) < 4.78 is 0. The lowest BCUT2D eigenvalue weighted by Gasteiger charge is -2.15. The molecule has 0 aliphatic heterocycles. The van der Waals surface area contributed by atoms with Crippen LogP contribution in [-0.4, -0.2) is 15.0 Å². The van der Waals surface area contributed by atoms with E-state index in [4.69, 9.17) is 9.97 Å². The van der Waals surface area contributed by atoms with Crippen LogP contribution in [0.5, 0.6) is 0 Å². The molecule has 0 aliphatic carbocycles. The van der Waals surface area contributed by atoms with Crippen LogP contribution in [0, 0.1) is 0 Å². The standard InChI is InChI=1S/C55H35N3/c1-2-11-43(12-3-1)55-57-51(33-52(58-55)41-27-22-39(23-28-41)50-35-56-34-46-14-6-7-15-47(46)50)40-25-18-36(19-26-40)37-20-29-42(30-21-37)53-49-17-9-5-13-44(49)32-45-31-24-38-10-4-8-16-48(38)54(45)53/h1-35H. The molecule has 0 spiro atoms. The Morgan fingerprint density at radius 2 is 0.810 bits per heavy atom. The zero-order chi connectivity index (χ0) is 38.4. The van der Waals surface area contributed by atoms with E-state index in [-0.39, 0.29) is 0 Å². The minimum atomic E-state index is 0.698. The second-order valence-corrected chi connectivity index (χ2v) is 14.8. The molecule has 0 atom stereocenters. The van der Waals surface area contributed by atoms with Crippen LogP contribution < -0.4 is 0 Å². The number of hydrogen-bond donors (Lipinski definition) is 0. The first-order valence-corrected chi connectivity index (χ1v) is 19.7. The quantitative estimate of drug-likeness (QED) is 0.126. The molecule has 270 valence electrons. The van der Waals surface area contributed by atoms with Crippen LogP contribution in [-0.2, 0) is 0 Å². The Morgan fingerprint density at radius 3 is 1.50 bits per heavy atom. The molecule has 2 heterocycles. The van der Waals surface area contributed by atoms with Crippen molar-refractivity contribution in [1.82, 2.24) is 15.0 Å². The van der Waals surface area contributed by atoms with Gasteiger partial charge in [0.1, 0.15) is 0 Å². The second-order valence-electron chi connectivity index (χ2n) is 14.8. The van der Waals surface area contributed by atoms with E-state index in [1.165, 1.54) is 54.4 Å². The minimum absolute atomic E-state index is 0.698. The lowest BCUT2D eigenvalue weighted by atomic mass is 9.88. The third-order valence-corrected chi connectivity index (χ3v) is 11.4. The summed E-state index contributed by atoms with van der Waals surface area (Å²) in [5.74, 6) is 0.698. The van der Waals surface area contributed by atoms with E-state index < -0.39 is 0 Å². The van der Waals surface area contributed by atoms with Crippen LogP contribution in [0.2, 0.25) is 0 Å². The average molecular weight is 738 g/mol. The normalized spacial score (nSPS) is 11.4. The molecule has 0 fully saturated rings. The van der Waals surface area contributed by atoms with Gasteiger partial charge in [-0.2, -0.15) is 0 Å². The molecule has 0 N–H and O–H groups in total. The summed E-state index contributed by atoms with van der Waals surface area (Å²) in [6.07, 6.45) is 3.86. The van der Waals surface area contributed by atoms with E-state index in [1.807, 2.05) is 30.6 Å². The number of aromatic nitrogens is 3. The monoisotopic (exact) mass is 737 g/mol. The van der Waals surface area contributed by atoms with Gasteiger partial charge < -0.3 is 0 Å². The van der Waals surface area contributed by atoms with Crippen molar-refractivity contribution in [3.05, 3.63) is 213 Å². The smallest absolute Gasteiger partial charge is 0.160 e. The first kappa shape index (κ1) is 33.6. The Kier molecular flexibility index (Phi) is 8.15. The largest absolute Gasteiger partial charge is 0.263 e. The zero-order valence-corrected chi connectivity index (χ0v) is 31.5. The maximum atomic E-state index is 5.10. The highest BCUT2D eigenvalue weighted by Gasteiger charge is 2.15. The molecule has 0 saturated heterocycles. The van der Waals surface area contributed by atoms with Gasteiger partial charge >= 0.3 is 0 Å². The maximum absolute atomic E-state index is 5.10. The van der Waals surface area contributed by atoms with Crippen LogP contribution in [0.1, 0.15) is 0 Å². The van der Waals surface area contributed by atoms with Gasteiger partial charge in [0.15, 0.2) is 5.82 Å². The Bertz CT molecular complexity index is 3290. The van der Waals surface area contributed by atoms with Crippen LogP contribution >= 0.6 is 0 Å². The fraction of sp³-hybridized carbons (Fsp3) is 0. The van der Waals surface area contributed by atoms with Crippen molar-refractivity contribution >= 4 is 43.1 Å². The molecule has 0 unspecified atom stereocenters. The van der Waals surface area contributed by atoms with E-state index in [0.717, 1.165) is 50.2 Å². The van der Waals surface area contributed by atoms with E-state index in [1.54, 1.807) is 0 Å². The predicted molar refractivity (Wildman–Crippen MR) is 242 cm³/mol. The van der Waals surface area contributed by atoms with Crippen LogP contribution in [0.3, 0.4) is 0 Å². The molecule has 58 heavy (non-hydrogen) atoms. The lowest BCUT2D eigenvalue weighted by molar-refractivity contribution is 1.18. The summed E-state index contributed by atoms with van der Waals surface area (Å²) >= 11 is 0. The Hall–Kier alpha value is -7.75. The highest BCUT2D eigenvalue weighted by Crippen LogP contribution is 2.41. The Balaban J connectivity index is 0.946. The van der Waals surface area contributed by atoms with Crippen LogP contribution in [0.4, 0.5) is 0 Å². The first-order valence-electron chi connectivity index (χ1n) is 19.7. The number of fused-ring (bicyclic) bond motifs is 5. The molecule has 2 aromatic heterocycles. The molecule has 3 heteroatoms. The maximum Gasteiger partial charge on any atom is 0.160 e. The third-order valence-electron chi connectivity index (χ3n) is 11.4. The third kappa shape index (κ3) is 5.98. The highest BCUT2D eigenvalue weighted by atomic mass is 14.9. The number of hydrogen-bond acceptors (Lipinski definition) is 3. The summed E-state index contributed by atoms with van der Waals surface area (Å²) in [6, 6.07) is 71.3. The summed E-state index contributed by atoms with van der Waals surface area (Å²) in [6.45, 7) is 0. The van der Waals surface area contributed by atoms with E-state index in [2.05, 4.69) is 187 Å². The second kappa shape index (κ2) is 14.1. The van der Waals surface area contributed by atoms with Gasteiger partial charge in [-0.1, -0.05) is 188 Å². The number of nitrogens with zero attached hydrogens (tertiary/aromatic N) is 3. The molecular formula is C55H35N3. The lowest BCUT2D eigenvalue weighted by Crippen LogP contribution is -1.96. The number of pyridine rings is 1. The summed E-state index contributed by atoms with van der Waals surface area (Å²) in [5.41, 5.74) is 11.8. The van der Waals surface area contributed by atoms with E-state index in [9.17, 15) is 0 Å². The Morgan fingerprint density at radius 1 is 0.293 bits per heavy atom. The van der Waals surface area contributed by atoms with Gasteiger partial charge in [0.2, 0.25) is 0 Å². The van der Waals surface area contributed by atoms with Crippen molar-refractivity contribution in [3.63, 3.8) is 0 Å². The molecule has 9 aromatic carbocycles. The van der Waals surface area contributed by atoms with Crippen molar-refractivity contribution < 1.29 is 0 Å². The van der Waals surface area contributed by atoms with Crippen molar-refractivity contribution in [2.75, 3.05) is 0 Å². The molecule has 3 nitrogen and oxygen atoms in total. The van der Waals surface area contributed by atoms with Gasteiger partial charge in [0.25, 0.3) is 0 Å². The minimum Gasteiger partial charge on any atom is -0.263 e. The molecule has 0 bridgehead atoms. The van der Waals surface area contributed by atoms with Gasteiger partial charge in [-0.15, -0.1) is 0 Å². The van der Waals surface area contributed by atoms with Gasteiger partial charge in [-0.25, -0.2) is 9.97 Å². The molecule has 11 rings (SSSR count). The Labute approximate surface area is 336 Å². The van der Waals surface area contributed by atoms with Gasteiger partial charge in [-0.05, 0) is 77.7 Å². The van der Waals surface area contributed by atoms with E-state index >= 15 is 0 Å². The molecule has 0 radical (unpaired) electrons. The summed E-state index contributed by atoms with van der Waals surface area (Å²) in [5, 5.41) is 9.91. The van der Waals surface area contributed by atoms with Crippen molar-refractivity contribution in [2.45, 2.75) is 0 Å².